The molecule has 1 N–H and O–H groups in total. The molecule has 1 aromatic carbocycles. The Balaban J connectivity index is 1.27. The number of thiol groups is 1. The summed E-state index contributed by atoms with van der Waals surface area (Å²) in [4.78, 5) is 42.4. The summed E-state index contributed by atoms with van der Waals surface area (Å²) in [5.74, 6) is 0.326. The van der Waals surface area contributed by atoms with Crippen molar-refractivity contribution in [2.24, 2.45) is 50.2 Å². The highest BCUT2D eigenvalue weighted by Gasteiger charge is 2.74. The first-order chi connectivity index (χ1) is 28.8. The number of aliphatic hydroxyl groups excluding tert-OH is 1. The Morgan fingerprint density at radius 3 is 2.00 bits per heavy atom. The van der Waals surface area contributed by atoms with E-state index in [0.717, 1.165) is 69.8 Å². The molecule has 5 aliphatic carbocycles. The maximum atomic E-state index is 13.9. The Labute approximate surface area is 391 Å². The number of allylic oxidation sites excluding steroid dienone is 1. The fourth-order valence-corrected chi connectivity index (χ4v) is 14.7. The molecule has 354 valence electrons. The van der Waals surface area contributed by atoms with Crippen LogP contribution >= 0.6 is 24.2 Å². The molecule has 1 amide bonds. The first-order valence-corrected chi connectivity index (χ1v) is 24.9. The lowest BCUT2D eigenvalue weighted by molar-refractivity contribution is -0.223. The van der Waals surface area contributed by atoms with Gasteiger partial charge in [0, 0.05) is 27.1 Å². The van der Waals surface area contributed by atoms with Gasteiger partial charge < -0.3 is 24.2 Å². The number of amides is 1. The summed E-state index contributed by atoms with van der Waals surface area (Å²) in [7, 11) is 0. The Morgan fingerprint density at radius 2 is 1.41 bits per heavy atom. The maximum Gasteiger partial charge on any atom is 0.410 e. The largest absolute Gasteiger partial charge is 0.462 e. The van der Waals surface area contributed by atoms with E-state index in [1.165, 1.54) is 11.1 Å². The summed E-state index contributed by atoms with van der Waals surface area (Å²) in [6.07, 6.45) is 7.93. The van der Waals surface area contributed by atoms with Crippen LogP contribution in [0.15, 0.2) is 35.4 Å². The lowest BCUT2D eigenvalue weighted by Crippen LogP contribution is -2.71. The Morgan fingerprint density at radius 1 is 0.810 bits per heavy atom. The van der Waals surface area contributed by atoms with Crippen LogP contribution in [0.5, 0.6) is 0 Å². The molecule has 0 radical (unpaired) electrons. The first-order valence-electron chi connectivity index (χ1n) is 24.1. The van der Waals surface area contributed by atoms with Gasteiger partial charge in [-0.25, -0.2) is 4.79 Å². The van der Waals surface area contributed by atoms with E-state index in [0.29, 0.717) is 29.3 Å². The molecule has 9 atom stereocenters. The number of benzene rings is 1. The van der Waals surface area contributed by atoms with E-state index < -0.39 is 50.4 Å². The molecule has 0 bridgehead atoms. The molecule has 4 saturated carbocycles. The standard InChI is InChI=1S/C53H82ClNO7S/c1-33(2)36-22-25-52(39(56)32-55(44(59)62-46(6,7)8)31-34-16-18-35(54)19-17-34)28-26-49(13)37(42(36)52)20-21-38-50(49,14)27-29-53(63)48(11,12)40(23-24-51(38,53)15)60-41(57)30-47(9,10)43(58)61-45(3,4)5/h16-19,33,37-40,56,63H,20-32H2,1-15H3/t37-,38+,39+,40+,49-,50-,51-,52-,53?/m1/s1. The third kappa shape index (κ3) is 8.78. The zero-order valence-corrected chi connectivity index (χ0v) is 43.2. The second-order valence-corrected chi connectivity index (χ2v) is 26.0. The number of hydrogen-bond donors (Lipinski definition) is 2. The van der Waals surface area contributed by atoms with Crippen molar-refractivity contribution in [2.45, 2.75) is 209 Å². The van der Waals surface area contributed by atoms with Crippen molar-refractivity contribution in [2.75, 3.05) is 6.54 Å². The van der Waals surface area contributed by atoms with Crippen LogP contribution in [0.4, 0.5) is 4.79 Å². The van der Waals surface area contributed by atoms with Crippen molar-refractivity contribution < 1.29 is 33.7 Å². The normalized spacial score (nSPS) is 34.6. The summed E-state index contributed by atoms with van der Waals surface area (Å²) in [6, 6.07) is 7.56. The third-order valence-corrected chi connectivity index (χ3v) is 19.3. The van der Waals surface area contributed by atoms with Crippen molar-refractivity contribution in [3.63, 3.8) is 0 Å². The number of nitrogens with zero attached hydrogens (tertiary/aromatic N) is 1. The van der Waals surface area contributed by atoms with Crippen LogP contribution in [0.2, 0.25) is 5.02 Å². The third-order valence-electron chi connectivity index (χ3n) is 17.7. The van der Waals surface area contributed by atoms with E-state index in [2.05, 4.69) is 48.5 Å². The smallest absolute Gasteiger partial charge is 0.410 e. The molecular weight excluding hydrogens is 830 g/mol. The minimum atomic E-state index is -1.01. The second kappa shape index (κ2) is 16.8. The van der Waals surface area contributed by atoms with Gasteiger partial charge in [-0.3, -0.25) is 9.59 Å². The minimum Gasteiger partial charge on any atom is -0.462 e. The van der Waals surface area contributed by atoms with Crippen molar-refractivity contribution >= 4 is 42.3 Å². The first kappa shape index (κ1) is 50.2. The Kier molecular flexibility index (Phi) is 13.4. The molecule has 4 fully saturated rings. The molecule has 1 aromatic rings. The van der Waals surface area contributed by atoms with Gasteiger partial charge in [0.05, 0.1) is 24.5 Å². The van der Waals surface area contributed by atoms with Gasteiger partial charge in [-0.05, 0) is 171 Å². The van der Waals surface area contributed by atoms with Crippen LogP contribution in [-0.2, 0) is 30.3 Å². The molecule has 0 aromatic heterocycles. The summed E-state index contributed by atoms with van der Waals surface area (Å²) in [6.45, 7) is 32.0. The number of carbonyl (C=O) groups is 3. The molecule has 63 heavy (non-hydrogen) atoms. The summed E-state index contributed by atoms with van der Waals surface area (Å²) in [5, 5.41) is 13.4. The van der Waals surface area contributed by atoms with Crippen LogP contribution in [0.1, 0.15) is 180 Å². The van der Waals surface area contributed by atoms with E-state index >= 15 is 0 Å². The molecule has 0 aliphatic heterocycles. The van der Waals surface area contributed by atoms with Crippen LogP contribution < -0.4 is 0 Å². The fourth-order valence-electron chi connectivity index (χ4n) is 14.0. The Hall–Kier alpha value is -2.23. The maximum absolute atomic E-state index is 13.9. The van der Waals surface area contributed by atoms with Crippen molar-refractivity contribution in [3.05, 3.63) is 46.0 Å². The van der Waals surface area contributed by atoms with Gasteiger partial charge >= 0.3 is 18.0 Å². The molecule has 6 rings (SSSR count). The summed E-state index contributed by atoms with van der Waals surface area (Å²) in [5.41, 5.74) is 0.656. The zero-order chi connectivity index (χ0) is 47.1. The zero-order valence-electron chi connectivity index (χ0n) is 41.6. The number of carbonyl (C=O) groups excluding carboxylic acids is 3. The van der Waals surface area contributed by atoms with Crippen molar-refractivity contribution in [1.82, 2.24) is 4.90 Å². The quantitative estimate of drug-likeness (QED) is 0.104. The topological polar surface area (TPSA) is 102 Å². The van der Waals surface area contributed by atoms with Crippen LogP contribution in [0, 0.1) is 50.2 Å². The van der Waals surface area contributed by atoms with Gasteiger partial charge in [-0.2, -0.15) is 12.6 Å². The average molecular weight is 913 g/mol. The highest BCUT2D eigenvalue weighted by molar-refractivity contribution is 7.82. The molecule has 10 heteroatoms. The number of esters is 2. The molecule has 1 unspecified atom stereocenters. The molecule has 0 spiro atoms. The average Bonchev–Trinajstić information content (AvgIpc) is 3.55. The number of hydrogen-bond acceptors (Lipinski definition) is 8. The van der Waals surface area contributed by atoms with Crippen LogP contribution in [0.3, 0.4) is 0 Å². The SMILES string of the molecule is CC(C)C1=C2[C@H]3CC[C@@H]4[C@@]5(C)CC[C@H](OC(=O)CC(C)(C)C(=O)OC(C)(C)C)C(C)(C)C5(S)CC[C@@]4(C)[C@]3(C)CC[C@@]2([C@@H](O)CN(Cc2ccc(Cl)cc2)C(=O)OC(C)(C)C)CC1. The highest BCUT2D eigenvalue weighted by Crippen LogP contribution is 2.79. The number of ether oxygens (including phenoxy) is 3. The lowest BCUT2D eigenvalue weighted by Gasteiger charge is -2.75. The fraction of sp³-hybridized carbons (Fsp3) is 0.792. The number of rotatable bonds is 10. The van der Waals surface area contributed by atoms with E-state index in [4.69, 9.17) is 38.4 Å². The van der Waals surface area contributed by atoms with E-state index in [-0.39, 0.29) is 41.3 Å². The van der Waals surface area contributed by atoms with Crippen LogP contribution in [0.25, 0.3) is 0 Å². The monoisotopic (exact) mass is 912 g/mol. The predicted octanol–water partition coefficient (Wildman–Crippen LogP) is 13.0. The molecular formula is C53H82ClNO7S. The molecule has 5 aliphatic rings. The van der Waals surface area contributed by atoms with Gasteiger partial charge in [0.25, 0.3) is 0 Å². The van der Waals surface area contributed by atoms with E-state index in [1.54, 1.807) is 18.7 Å². The number of aliphatic hydroxyl groups is 1. The van der Waals surface area contributed by atoms with Gasteiger partial charge in [0.1, 0.15) is 17.3 Å². The molecule has 0 saturated heterocycles. The highest BCUT2D eigenvalue weighted by atomic mass is 35.5. The van der Waals surface area contributed by atoms with Crippen LogP contribution in [-0.4, -0.2) is 62.7 Å². The lowest BCUT2D eigenvalue weighted by atomic mass is 9.32. The van der Waals surface area contributed by atoms with Gasteiger partial charge in [-0.1, -0.05) is 83.3 Å². The minimum absolute atomic E-state index is 0.00801. The van der Waals surface area contributed by atoms with E-state index in [9.17, 15) is 19.5 Å². The summed E-state index contributed by atoms with van der Waals surface area (Å²) < 4.78 is 17.6. The predicted molar refractivity (Wildman–Crippen MR) is 255 cm³/mol. The molecule has 0 heterocycles. The number of fused-ring (bicyclic) bond motifs is 7. The van der Waals surface area contributed by atoms with Crippen molar-refractivity contribution in [3.8, 4) is 0 Å². The van der Waals surface area contributed by atoms with E-state index in [1.807, 2.05) is 65.8 Å². The van der Waals surface area contributed by atoms with Crippen molar-refractivity contribution in [1.29, 1.82) is 0 Å². The van der Waals surface area contributed by atoms with Gasteiger partial charge in [0.2, 0.25) is 0 Å². The van der Waals surface area contributed by atoms with Gasteiger partial charge in [0.15, 0.2) is 0 Å². The summed E-state index contributed by atoms with van der Waals surface area (Å²) >= 11 is 12.0. The second-order valence-electron chi connectivity index (χ2n) is 24.8. The van der Waals surface area contributed by atoms with Gasteiger partial charge in [-0.15, -0.1) is 0 Å². The molecule has 8 nitrogen and oxygen atoms in total. The Bertz CT molecular complexity index is 1950. The number of halogens is 1.